The highest BCUT2D eigenvalue weighted by Crippen LogP contribution is 2.34. The van der Waals surface area contributed by atoms with Gasteiger partial charge in [-0.2, -0.15) is 0 Å². The van der Waals surface area contributed by atoms with Crippen LogP contribution in [0.1, 0.15) is 36.1 Å². The molecule has 0 amide bonds. The average molecular weight is 317 g/mol. The van der Waals surface area contributed by atoms with Crippen LogP contribution in [0.5, 0.6) is 11.5 Å². The molecule has 2 rings (SSSR count). The van der Waals surface area contributed by atoms with Gasteiger partial charge in [0.15, 0.2) is 11.5 Å². The SMILES string of the molecule is CCc1ccc(C)c(O[P+](=O)Oc2cc(CC)ccc2C)c1. The van der Waals surface area contributed by atoms with Gasteiger partial charge < -0.3 is 0 Å². The molecule has 0 aromatic heterocycles. The van der Waals surface area contributed by atoms with Gasteiger partial charge in [0.05, 0.1) is 0 Å². The van der Waals surface area contributed by atoms with Gasteiger partial charge in [-0.3, -0.25) is 0 Å². The Kier molecular flexibility index (Phi) is 5.57. The van der Waals surface area contributed by atoms with Crippen molar-refractivity contribution in [3.05, 3.63) is 58.7 Å². The molecule has 0 saturated heterocycles. The van der Waals surface area contributed by atoms with Crippen LogP contribution in [0, 0.1) is 13.8 Å². The Labute approximate surface area is 133 Å². The number of rotatable bonds is 6. The first-order valence-electron chi connectivity index (χ1n) is 7.55. The number of hydrogen-bond donors (Lipinski definition) is 0. The first-order valence-corrected chi connectivity index (χ1v) is 8.65. The molecule has 116 valence electrons. The van der Waals surface area contributed by atoms with E-state index in [0.717, 1.165) is 35.1 Å². The minimum absolute atomic E-state index is 0.616. The third-order valence-electron chi connectivity index (χ3n) is 3.67. The zero-order valence-electron chi connectivity index (χ0n) is 13.6. The second-order valence-electron chi connectivity index (χ2n) is 5.31. The lowest BCUT2D eigenvalue weighted by Gasteiger charge is -2.04. The van der Waals surface area contributed by atoms with Crippen LogP contribution in [-0.4, -0.2) is 0 Å². The zero-order valence-corrected chi connectivity index (χ0v) is 14.4. The number of benzene rings is 2. The molecule has 0 aliphatic heterocycles. The van der Waals surface area contributed by atoms with Crippen molar-refractivity contribution in [2.75, 3.05) is 0 Å². The average Bonchev–Trinajstić information content (AvgIpc) is 2.51. The van der Waals surface area contributed by atoms with Gasteiger partial charge >= 0.3 is 8.25 Å². The van der Waals surface area contributed by atoms with Gasteiger partial charge in [0.1, 0.15) is 0 Å². The van der Waals surface area contributed by atoms with E-state index in [2.05, 4.69) is 13.8 Å². The third-order valence-corrected chi connectivity index (χ3v) is 4.36. The summed E-state index contributed by atoms with van der Waals surface area (Å²) in [5.74, 6) is 1.23. The summed E-state index contributed by atoms with van der Waals surface area (Å²) in [5.41, 5.74) is 4.19. The number of aryl methyl sites for hydroxylation is 4. The lowest BCUT2D eigenvalue weighted by molar-refractivity contribution is 0.413. The summed E-state index contributed by atoms with van der Waals surface area (Å²) in [6.45, 7) is 8.01. The summed E-state index contributed by atoms with van der Waals surface area (Å²) in [4.78, 5) is 0. The second kappa shape index (κ2) is 7.42. The molecule has 0 atom stereocenters. The maximum atomic E-state index is 12.2. The summed E-state index contributed by atoms with van der Waals surface area (Å²) >= 11 is 0. The molecule has 4 heteroatoms. The summed E-state index contributed by atoms with van der Waals surface area (Å²) in [7, 11) is -2.25. The van der Waals surface area contributed by atoms with Crippen LogP contribution in [0.4, 0.5) is 0 Å². The van der Waals surface area contributed by atoms with Crippen molar-refractivity contribution in [3.8, 4) is 11.5 Å². The van der Waals surface area contributed by atoms with Crippen molar-refractivity contribution >= 4 is 8.25 Å². The predicted octanol–water partition coefficient (Wildman–Crippen LogP) is 5.54. The van der Waals surface area contributed by atoms with E-state index in [0.29, 0.717) is 11.5 Å². The molecule has 2 aromatic carbocycles. The zero-order chi connectivity index (χ0) is 16.1. The summed E-state index contributed by atoms with van der Waals surface area (Å²) < 4.78 is 23.2. The molecule has 2 aromatic rings. The van der Waals surface area contributed by atoms with Crippen LogP contribution in [0.25, 0.3) is 0 Å². The molecule has 0 N–H and O–H groups in total. The Balaban J connectivity index is 2.13. The van der Waals surface area contributed by atoms with Gasteiger partial charge in [0, 0.05) is 4.57 Å². The van der Waals surface area contributed by atoms with E-state index < -0.39 is 8.25 Å². The molecule has 0 unspecified atom stereocenters. The maximum Gasteiger partial charge on any atom is 0.805 e. The Morgan fingerprint density at radius 1 is 0.818 bits per heavy atom. The fourth-order valence-corrected chi connectivity index (χ4v) is 2.86. The highest BCUT2D eigenvalue weighted by atomic mass is 31.1. The molecule has 0 saturated carbocycles. The van der Waals surface area contributed by atoms with E-state index in [4.69, 9.17) is 9.05 Å². The largest absolute Gasteiger partial charge is 0.805 e. The Bertz CT molecular complexity index is 623. The van der Waals surface area contributed by atoms with Gasteiger partial charge in [0.25, 0.3) is 0 Å². The molecule has 0 spiro atoms. The lowest BCUT2D eigenvalue weighted by atomic mass is 10.1. The fraction of sp³-hybridized carbons (Fsp3) is 0.333. The first-order chi connectivity index (χ1) is 10.5. The Hall–Kier alpha value is -1.86. The van der Waals surface area contributed by atoms with Crippen LogP contribution in [-0.2, 0) is 17.4 Å². The highest BCUT2D eigenvalue weighted by Gasteiger charge is 2.26. The minimum atomic E-state index is -2.25. The fourth-order valence-electron chi connectivity index (χ4n) is 2.10. The van der Waals surface area contributed by atoms with Crippen molar-refractivity contribution in [2.45, 2.75) is 40.5 Å². The number of hydrogen-bond acceptors (Lipinski definition) is 3. The summed E-state index contributed by atoms with van der Waals surface area (Å²) in [6, 6.07) is 11.9. The summed E-state index contributed by atoms with van der Waals surface area (Å²) in [6.07, 6.45) is 1.82. The lowest BCUT2D eigenvalue weighted by Crippen LogP contribution is -1.94. The standard InChI is InChI=1S/C18H22O3P/c1-5-15-9-7-13(3)17(11-15)20-22(19)21-18-12-16(6-2)10-8-14(18)4/h7-12H,5-6H2,1-4H3/q+1. The second-order valence-corrected chi connectivity index (χ2v) is 6.13. The van der Waals surface area contributed by atoms with Gasteiger partial charge in [0.2, 0.25) is 0 Å². The first kappa shape index (κ1) is 16.5. The van der Waals surface area contributed by atoms with E-state index in [1.54, 1.807) is 0 Å². The molecule has 0 heterocycles. The van der Waals surface area contributed by atoms with Crippen LogP contribution in [0.2, 0.25) is 0 Å². The Morgan fingerprint density at radius 2 is 1.23 bits per heavy atom. The Morgan fingerprint density at radius 3 is 1.59 bits per heavy atom. The topological polar surface area (TPSA) is 35.5 Å². The maximum absolute atomic E-state index is 12.2. The molecule has 0 aliphatic rings. The van der Waals surface area contributed by atoms with Gasteiger partial charge in [-0.05, 0) is 61.1 Å². The van der Waals surface area contributed by atoms with Crippen LogP contribution >= 0.6 is 8.25 Å². The summed E-state index contributed by atoms with van der Waals surface area (Å²) in [5, 5.41) is 0. The van der Waals surface area contributed by atoms with Crippen molar-refractivity contribution in [2.24, 2.45) is 0 Å². The molecule has 0 fully saturated rings. The van der Waals surface area contributed by atoms with Gasteiger partial charge in [-0.1, -0.05) is 38.1 Å². The highest BCUT2D eigenvalue weighted by molar-refractivity contribution is 7.34. The van der Waals surface area contributed by atoms with Crippen LogP contribution < -0.4 is 9.05 Å². The van der Waals surface area contributed by atoms with Gasteiger partial charge in [-0.25, -0.2) is 9.05 Å². The molecule has 0 bridgehead atoms. The minimum Gasteiger partial charge on any atom is -0.222 e. The van der Waals surface area contributed by atoms with E-state index in [1.807, 2.05) is 50.2 Å². The molecular formula is C18H22O3P+. The monoisotopic (exact) mass is 317 g/mol. The van der Waals surface area contributed by atoms with Crippen molar-refractivity contribution in [3.63, 3.8) is 0 Å². The quantitative estimate of drug-likeness (QED) is 0.656. The molecular weight excluding hydrogens is 295 g/mol. The third kappa shape index (κ3) is 4.08. The van der Waals surface area contributed by atoms with Crippen molar-refractivity contribution < 1.29 is 13.6 Å². The van der Waals surface area contributed by atoms with Crippen LogP contribution in [0.15, 0.2) is 36.4 Å². The molecule has 22 heavy (non-hydrogen) atoms. The molecule has 3 nitrogen and oxygen atoms in total. The van der Waals surface area contributed by atoms with E-state index in [1.165, 1.54) is 0 Å². The normalized spacial score (nSPS) is 10.4. The van der Waals surface area contributed by atoms with E-state index in [-0.39, 0.29) is 0 Å². The van der Waals surface area contributed by atoms with Gasteiger partial charge in [-0.15, -0.1) is 0 Å². The van der Waals surface area contributed by atoms with E-state index in [9.17, 15) is 4.57 Å². The van der Waals surface area contributed by atoms with Crippen molar-refractivity contribution in [1.82, 2.24) is 0 Å². The molecule has 0 aliphatic carbocycles. The molecule has 0 radical (unpaired) electrons. The van der Waals surface area contributed by atoms with E-state index >= 15 is 0 Å². The van der Waals surface area contributed by atoms with Crippen LogP contribution in [0.3, 0.4) is 0 Å². The van der Waals surface area contributed by atoms with Crippen molar-refractivity contribution in [1.29, 1.82) is 0 Å². The smallest absolute Gasteiger partial charge is 0.222 e. The predicted molar refractivity (Wildman–Crippen MR) is 90.0 cm³/mol.